The van der Waals surface area contributed by atoms with Crippen molar-refractivity contribution in [3.8, 4) is 22.9 Å². The molecule has 0 fully saturated rings. The molecule has 0 aliphatic carbocycles. The number of benzene rings is 2. The average molecular weight is 468 g/mol. The molecule has 176 valence electrons. The van der Waals surface area contributed by atoms with Gasteiger partial charge in [0.2, 0.25) is 5.95 Å². The van der Waals surface area contributed by atoms with E-state index in [4.69, 9.17) is 9.72 Å². The van der Waals surface area contributed by atoms with E-state index in [0.717, 1.165) is 47.2 Å². The van der Waals surface area contributed by atoms with Crippen LogP contribution in [0.1, 0.15) is 35.6 Å². The first-order valence-corrected chi connectivity index (χ1v) is 11.5. The Morgan fingerprint density at radius 1 is 1.14 bits per heavy atom. The van der Waals surface area contributed by atoms with E-state index >= 15 is 0 Å². The number of aryl methyl sites for hydroxylation is 1. The van der Waals surface area contributed by atoms with Crippen LogP contribution >= 0.6 is 0 Å². The number of aromatic amines is 1. The summed E-state index contributed by atoms with van der Waals surface area (Å²) in [4.78, 5) is 9.24. The highest BCUT2D eigenvalue weighted by Crippen LogP contribution is 2.33. The molecule has 1 atom stereocenters. The van der Waals surface area contributed by atoms with Crippen LogP contribution in [0.25, 0.3) is 11.1 Å². The maximum atomic E-state index is 10.3. The Hall–Kier alpha value is -4.42. The minimum absolute atomic E-state index is 0.156. The Morgan fingerprint density at radius 2 is 2.06 bits per heavy atom. The molecule has 2 aromatic carbocycles. The van der Waals surface area contributed by atoms with Gasteiger partial charge in [0.15, 0.2) is 0 Å². The third kappa shape index (κ3) is 4.93. The van der Waals surface area contributed by atoms with Gasteiger partial charge < -0.3 is 20.5 Å². The highest BCUT2D eigenvalue weighted by atomic mass is 16.5. The number of rotatable bonds is 2. The number of nitrogens with zero attached hydrogens (tertiary/aromatic N) is 4. The van der Waals surface area contributed by atoms with Gasteiger partial charge >= 0.3 is 0 Å². The van der Waals surface area contributed by atoms with Crippen molar-refractivity contribution in [2.45, 2.75) is 25.3 Å². The number of fused-ring (bicyclic) bond motifs is 5. The first-order valence-electron chi connectivity index (χ1n) is 11.5. The number of aliphatic hydroxyl groups is 1. The van der Waals surface area contributed by atoms with Crippen LogP contribution in [0.15, 0.2) is 61.1 Å². The molecule has 0 unspecified atom stereocenters. The largest absolute Gasteiger partial charge is 0.493 e. The number of anilines is 3. The Balaban J connectivity index is 1.59. The van der Waals surface area contributed by atoms with E-state index in [0.29, 0.717) is 29.7 Å². The molecule has 5 rings (SSSR count). The van der Waals surface area contributed by atoms with Crippen LogP contribution < -0.4 is 15.4 Å². The zero-order chi connectivity index (χ0) is 24.0. The zero-order valence-electron chi connectivity index (χ0n) is 19.0. The molecule has 0 amide bonds. The summed E-state index contributed by atoms with van der Waals surface area (Å²) in [7, 11) is 0. The molecule has 0 spiro atoms. The molecule has 1 aliphatic heterocycles. The van der Waals surface area contributed by atoms with Crippen molar-refractivity contribution >= 4 is 17.5 Å². The highest BCUT2D eigenvalue weighted by molar-refractivity contribution is 5.75. The zero-order valence-corrected chi connectivity index (χ0v) is 19.0. The lowest BCUT2D eigenvalue weighted by molar-refractivity contribution is 0.265. The summed E-state index contributed by atoms with van der Waals surface area (Å²) >= 11 is 0. The fraction of sp³-hybridized carbons (Fsp3) is 0.231. The molecule has 1 aliphatic rings. The van der Waals surface area contributed by atoms with Crippen molar-refractivity contribution < 1.29 is 9.84 Å². The van der Waals surface area contributed by atoms with Gasteiger partial charge in [-0.15, -0.1) is 0 Å². The smallest absolute Gasteiger partial charge is 0.229 e. The molecular formula is C26H25N7O2. The summed E-state index contributed by atoms with van der Waals surface area (Å²) in [6.07, 6.45) is 7.65. The number of hydrogen-bond acceptors (Lipinski definition) is 8. The van der Waals surface area contributed by atoms with Crippen molar-refractivity contribution in [2.24, 2.45) is 0 Å². The van der Waals surface area contributed by atoms with Gasteiger partial charge in [-0.3, -0.25) is 5.10 Å². The monoisotopic (exact) mass is 467 g/mol. The van der Waals surface area contributed by atoms with Gasteiger partial charge in [0.05, 0.1) is 37.1 Å². The van der Waals surface area contributed by atoms with Crippen LogP contribution in [0.3, 0.4) is 0 Å². The average Bonchev–Trinajstić information content (AvgIpc) is 3.42. The summed E-state index contributed by atoms with van der Waals surface area (Å²) < 4.78 is 6.11. The summed E-state index contributed by atoms with van der Waals surface area (Å²) in [6.45, 7) is 0.379. The van der Waals surface area contributed by atoms with Crippen molar-refractivity contribution in [2.75, 3.05) is 23.8 Å². The normalized spacial score (nSPS) is 15.6. The molecule has 4 bridgehead atoms. The molecule has 4 aromatic rings. The predicted molar refractivity (Wildman–Crippen MR) is 132 cm³/mol. The third-order valence-electron chi connectivity index (χ3n) is 5.97. The van der Waals surface area contributed by atoms with E-state index < -0.39 is 6.04 Å². The van der Waals surface area contributed by atoms with Gasteiger partial charge in [0.25, 0.3) is 0 Å². The second-order valence-electron chi connectivity index (χ2n) is 8.27. The van der Waals surface area contributed by atoms with Crippen LogP contribution in [0.4, 0.5) is 17.5 Å². The Bertz CT molecular complexity index is 1350. The van der Waals surface area contributed by atoms with Crippen molar-refractivity contribution in [1.29, 1.82) is 5.26 Å². The molecule has 2 aromatic heterocycles. The lowest BCUT2D eigenvalue weighted by atomic mass is 10.0. The van der Waals surface area contributed by atoms with E-state index in [1.165, 1.54) is 0 Å². The Labute approximate surface area is 202 Å². The number of nitriles is 1. The molecule has 3 heterocycles. The van der Waals surface area contributed by atoms with Crippen LogP contribution in [0.5, 0.6) is 5.75 Å². The summed E-state index contributed by atoms with van der Waals surface area (Å²) in [5, 5.41) is 33.3. The van der Waals surface area contributed by atoms with E-state index in [2.05, 4.69) is 31.9 Å². The fourth-order valence-corrected chi connectivity index (χ4v) is 4.16. The van der Waals surface area contributed by atoms with E-state index in [1.807, 2.05) is 42.5 Å². The first kappa shape index (κ1) is 22.4. The van der Waals surface area contributed by atoms with E-state index in [9.17, 15) is 10.4 Å². The number of H-pyrrole nitrogens is 1. The minimum Gasteiger partial charge on any atom is -0.493 e. The summed E-state index contributed by atoms with van der Waals surface area (Å²) in [5.74, 6) is 1.64. The van der Waals surface area contributed by atoms with Gasteiger partial charge in [-0.05, 0) is 49.1 Å². The van der Waals surface area contributed by atoms with Gasteiger partial charge in [-0.25, -0.2) is 4.98 Å². The second-order valence-corrected chi connectivity index (χ2v) is 8.27. The van der Waals surface area contributed by atoms with Gasteiger partial charge in [0.1, 0.15) is 11.6 Å². The fourth-order valence-electron chi connectivity index (χ4n) is 4.16. The first-order chi connectivity index (χ1) is 17.2. The van der Waals surface area contributed by atoms with Crippen molar-refractivity contribution in [3.05, 3.63) is 77.7 Å². The maximum absolute atomic E-state index is 10.3. The molecule has 9 heteroatoms. The summed E-state index contributed by atoms with van der Waals surface area (Å²) in [5.41, 5.74) is 4.82. The van der Waals surface area contributed by atoms with Crippen LogP contribution in [-0.2, 0) is 6.42 Å². The SMILES string of the molecule is N#Cc1ccc2cc1CCCCOc1ccccc1[C@@H](CO)Nc1nc(ncc1-c1cn[nH]c1)N2. The van der Waals surface area contributed by atoms with Crippen molar-refractivity contribution in [3.63, 3.8) is 0 Å². The van der Waals surface area contributed by atoms with E-state index in [1.54, 1.807) is 18.6 Å². The van der Waals surface area contributed by atoms with Crippen LogP contribution in [-0.4, -0.2) is 38.5 Å². The predicted octanol–water partition coefficient (Wildman–Crippen LogP) is 4.34. The molecule has 0 radical (unpaired) electrons. The summed E-state index contributed by atoms with van der Waals surface area (Å²) in [6, 6.07) is 15.1. The molecule has 0 saturated carbocycles. The number of ether oxygens (including phenoxy) is 1. The Morgan fingerprint density at radius 3 is 2.89 bits per heavy atom. The van der Waals surface area contributed by atoms with Crippen LogP contribution in [0, 0.1) is 11.3 Å². The van der Waals surface area contributed by atoms with Crippen molar-refractivity contribution in [1.82, 2.24) is 20.2 Å². The van der Waals surface area contributed by atoms with Gasteiger partial charge in [-0.2, -0.15) is 15.3 Å². The lowest BCUT2D eigenvalue weighted by Gasteiger charge is -2.22. The van der Waals surface area contributed by atoms with Crippen LogP contribution in [0.2, 0.25) is 0 Å². The number of nitrogens with one attached hydrogen (secondary N) is 3. The number of hydrogen-bond donors (Lipinski definition) is 4. The lowest BCUT2D eigenvalue weighted by Crippen LogP contribution is -2.18. The molecule has 4 N–H and O–H groups in total. The highest BCUT2D eigenvalue weighted by Gasteiger charge is 2.20. The maximum Gasteiger partial charge on any atom is 0.229 e. The van der Waals surface area contributed by atoms with Gasteiger partial charge in [-0.1, -0.05) is 18.2 Å². The standard InChI is InChI=1S/C26H25N7O2/c27-12-18-8-9-20-11-17(18)5-3-4-10-35-24-7-2-1-6-21(24)23(16-34)32-25-22(19-13-29-30-14-19)15-28-26(31-20)33-25/h1-2,6-9,11,13-15,23,34H,3-5,10,16H2,(H,29,30)(H2,28,31,32,33)/t23-/m1/s1. The minimum atomic E-state index is -0.450. The molecular weight excluding hydrogens is 442 g/mol. The molecule has 35 heavy (non-hydrogen) atoms. The number of para-hydroxylation sites is 1. The topological polar surface area (TPSA) is 132 Å². The third-order valence-corrected chi connectivity index (χ3v) is 5.97. The second kappa shape index (κ2) is 10.2. The molecule has 9 nitrogen and oxygen atoms in total. The quantitative estimate of drug-likeness (QED) is 0.342. The Kier molecular flexibility index (Phi) is 6.55. The molecule has 0 saturated heterocycles. The van der Waals surface area contributed by atoms with Gasteiger partial charge in [0, 0.05) is 34.8 Å². The number of aliphatic hydroxyl groups excluding tert-OH is 1. The number of aromatic nitrogens is 4. The van der Waals surface area contributed by atoms with E-state index in [-0.39, 0.29) is 6.61 Å².